The van der Waals surface area contributed by atoms with Crippen LogP contribution in [0.5, 0.6) is 0 Å². The number of hydrogen-bond donors (Lipinski definition) is 2. The van der Waals surface area contributed by atoms with Crippen molar-refractivity contribution in [2.45, 2.75) is 30.7 Å². The van der Waals surface area contributed by atoms with E-state index in [0.717, 1.165) is 19.4 Å². The predicted octanol–water partition coefficient (Wildman–Crippen LogP) is 0.0543. The number of aliphatic hydroxyl groups is 1. The van der Waals surface area contributed by atoms with Crippen LogP contribution >= 0.6 is 0 Å². The zero-order valence-electron chi connectivity index (χ0n) is 7.29. The third-order valence-electron chi connectivity index (χ3n) is 2.56. The third kappa shape index (κ3) is 1.28. The molecule has 3 atom stereocenters. The van der Waals surface area contributed by atoms with Gasteiger partial charge in [-0.05, 0) is 7.05 Å². The van der Waals surface area contributed by atoms with Crippen LogP contribution < -0.4 is 5.32 Å². The molecule has 68 valence electrons. The van der Waals surface area contributed by atoms with E-state index in [4.69, 9.17) is 4.74 Å². The number of nitrogens with one attached hydrogen (secondary N) is 1. The summed E-state index contributed by atoms with van der Waals surface area (Å²) in [6, 6.07) is 0. The second-order valence-corrected chi connectivity index (χ2v) is 3.70. The van der Waals surface area contributed by atoms with Gasteiger partial charge in [0.2, 0.25) is 0 Å². The number of hydrogen-bond acceptors (Lipinski definition) is 3. The second-order valence-electron chi connectivity index (χ2n) is 3.70. The minimum absolute atomic E-state index is 0.141. The van der Waals surface area contributed by atoms with Crippen molar-refractivity contribution in [3.05, 3.63) is 12.2 Å². The van der Waals surface area contributed by atoms with E-state index >= 15 is 0 Å². The summed E-state index contributed by atoms with van der Waals surface area (Å²) in [5, 5.41) is 12.6. The van der Waals surface area contributed by atoms with Crippen LogP contribution in [-0.2, 0) is 4.74 Å². The topological polar surface area (TPSA) is 41.5 Å². The van der Waals surface area contributed by atoms with Gasteiger partial charge in [0.05, 0.1) is 12.2 Å². The summed E-state index contributed by atoms with van der Waals surface area (Å²) in [4.78, 5) is 0. The zero-order valence-corrected chi connectivity index (χ0v) is 7.29. The summed E-state index contributed by atoms with van der Waals surface area (Å²) >= 11 is 0. The smallest absolute Gasteiger partial charge is 0.102 e. The van der Waals surface area contributed by atoms with Crippen LogP contribution in [0.1, 0.15) is 12.8 Å². The zero-order chi connectivity index (χ0) is 8.60. The van der Waals surface area contributed by atoms with Crippen molar-refractivity contribution in [3.63, 3.8) is 0 Å². The van der Waals surface area contributed by atoms with Gasteiger partial charge in [0.15, 0.2) is 0 Å². The lowest BCUT2D eigenvalue weighted by atomic mass is 9.94. The van der Waals surface area contributed by atoms with Crippen LogP contribution in [0.2, 0.25) is 0 Å². The van der Waals surface area contributed by atoms with Crippen molar-refractivity contribution in [2.75, 3.05) is 13.6 Å². The van der Waals surface area contributed by atoms with Crippen LogP contribution in [0, 0.1) is 0 Å². The van der Waals surface area contributed by atoms with Crippen molar-refractivity contribution in [2.24, 2.45) is 0 Å². The van der Waals surface area contributed by atoms with Gasteiger partial charge in [-0.2, -0.15) is 0 Å². The Hall–Kier alpha value is -0.380. The first-order valence-electron chi connectivity index (χ1n) is 4.44. The highest BCUT2D eigenvalue weighted by molar-refractivity contribution is 5.16. The maximum Gasteiger partial charge on any atom is 0.102 e. The number of fused-ring (bicyclic) bond motifs is 2. The molecule has 1 saturated heterocycles. The summed E-state index contributed by atoms with van der Waals surface area (Å²) in [7, 11) is 1.90. The molecule has 2 aliphatic rings. The Balaban J connectivity index is 2.10. The van der Waals surface area contributed by atoms with Gasteiger partial charge in [0.25, 0.3) is 0 Å². The Morgan fingerprint density at radius 1 is 1.75 bits per heavy atom. The number of ether oxygens (including phenoxy) is 1. The first-order chi connectivity index (χ1) is 5.74. The summed E-state index contributed by atoms with van der Waals surface area (Å²) in [5.41, 5.74) is -0.225. The normalized spacial score (nSPS) is 45.2. The average molecular weight is 169 g/mol. The molecule has 0 saturated carbocycles. The lowest BCUT2D eigenvalue weighted by Gasteiger charge is -2.35. The fourth-order valence-electron chi connectivity index (χ4n) is 2.13. The first-order valence-corrected chi connectivity index (χ1v) is 4.44. The highest BCUT2D eigenvalue weighted by atomic mass is 16.5. The lowest BCUT2D eigenvalue weighted by Crippen LogP contribution is -2.46. The van der Waals surface area contributed by atoms with Crippen molar-refractivity contribution in [1.82, 2.24) is 5.32 Å². The molecule has 3 heteroatoms. The molecular weight excluding hydrogens is 154 g/mol. The Kier molecular flexibility index (Phi) is 1.94. The maximum atomic E-state index is 9.53. The summed E-state index contributed by atoms with van der Waals surface area (Å²) < 4.78 is 5.76. The standard InChI is InChI=1S/C9H15NO2/c1-10-6-9-3-2-8(12-9)4-7(11)5-9/h2-3,7-8,10-11H,4-6H2,1H3/t7-,8-,9+/m0/s1. The molecule has 12 heavy (non-hydrogen) atoms. The largest absolute Gasteiger partial charge is 0.393 e. The molecule has 2 rings (SSSR count). The molecular formula is C9H15NO2. The molecule has 2 heterocycles. The Morgan fingerprint density at radius 3 is 3.33 bits per heavy atom. The summed E-state index contributed by atoms with van der Waals surface area (Å²) in [6.45, 7) is 0.789. The number of likely N-dealkylation sites (N-methyl/N-ethyl adjacent to an activating group) is 1. The molecule has 2 bridgehead atoms. The van der Waals surface area contributed by atoms with Crippen LogP contribution in [0.25, 0.3) is 0 Å². The maximum absolute atomic E-state index is 9.53. The second kappa shape index (κ2) is 2.83. The van der Waals surface area contributed by atoms with Gasteiger partial charge in [-0.3, -0.25) is 0 Å². The van der Waals surface area contributed by atoms with Crippen molar-refractivity contribution in [1.29, 1.82) is 0 Å². The Bertz CT molecular complexity index is 205. The minimum atomic E-state index is -0.225. The van der Waals surface area contributed by atoms with E-state index in [1.54, 1.807) is 0 Å². The molecule has 2 aliphatic heterocycles. The molecule has 0 aromatic carbocycles. The first kappa shape index (κ1) is 8.23. The molecule has 0 aromatic heterocycles. The van der Waals surface area contributed by atoms with Gasteiger partial charge < -0.3 is 15.2 Å². The number of rotatable bonds is 2. The molecule has 0 spiro atoms. The van der Waals surface area contributed by atoms with Gasteiger partial charge in [0, 0.05) is 19.4 Å². The van der Waals surface area contributed by atoms with Crippen LogP contribution in [0.4, 0.5) is 0 Å². The van der Waals surface area contributed by atoms with E-state index < -0.39 is 0 Å². The molecule has 0 amide bonds. The van der Waals surface area contributed by atoms with E-state index in [1.807, 2.05) is 7.05 Å². The molecule has 0 aromatic rings. The van der Waals surface area contributed by atoms with E-state index in [-0.39, 0.29) is 17.8 Å². The van der Waals surface area contributed by atoms with Crippen LogP contribution in [0.3, 0.4) is 0 Å². The van der Waals surface area contributed by atoms with E-state index in [9.17, 15) is 5.11 Å². The molecule has 0 radical (unpaired) electrons. The molecule has 1 fully saturated rings. The fourth-order valence-corrected chi connectivity index (χ4v) is 2.13. The van der Waals surface area contributed by atoms with E-state index in [1.165, 1.54) is 0 Å². The SMILES string of the molecule is CNC[C@@]12C=C[C@@H](C[C@H](O)C1)O2. The average Bonchev–Trinajstić information content (AvgIpc) is 2.27. The van der Waals surface area contributed by atoms with Gasteiger partial charge in [-0.25, -0.2) is 0 Å². The highest BCUT2D eigenvalue weighted by Crippen LogP contribution is 2.35. The number of aliphatic hydroxyl groups excluding tert-OH is 1. The van der Waals surface area contributed by atoms with Crippen molar-refractivity contribution >= 4 is 0 Å². The van der Waals surface area contributed by atoms with Gasteiger partial charge in [0.1, 0.15) is 5.60 Å². The van der Waals surface area contributed by atoms with E-state index in [0.29, 0.717) is 0 Å². The van der Waals surface area contributed by atoms with Crippen LogP contribution in [-0.4, -0.2) is 36.5 Å². The Labute approximate surface area is 72.4 Å². The molecule has 2 N–H and O–H groups in total. The quantitative estimate of drug-likeness (QED) is 0.574. The fraction of sp³-hybridized carbons (Fsp3) is 0.778. The molecule has 3 nitrogen and oxygen atoms in total. The monoisotopic (exact) mass is 169 g/mol. The van der Waals surface area contributed by atoms with Crippen molar-refractivity contribution < 1.29 is 9.84 Å². The predicted molar refractivity (Wildman–Crippen MR) is 45.9 cm³/mol. The Morgan fingerprint density at radius 2 is 2.58 bits per heavy atom. The van der Waals surface area contributed by atoms with Crippen LogP contribution in [0.15, 0.2) is 12.2 Å². The summed E-state index contributed by atoms with van der Waals surface area (Å²) in [6.07, 6.45) is 5.56. The summed E-state index contributed by atoms with van der Waals surface area (Å²) in [5.74, 6) is 0. The highest BCUT2D eigenvalue weighted by Gasteiger charge is 2.41. The van der Waals surface area contributed by atoms with E-state index in [2.05, 4.69) is 17.5 Å². The minimum Gasteiger partial charge on any atom is -0.393 e. The van der Waals surface area contributed by atoms with Gasteiger partial charge in [-0.15, -0.1) is 0 Å². The van der Waals surface area contributed by atoms with Gasteiger partial charge >= 0.3 is 0 Å². The third-order valence-corrected chi connectivity index (χ3v) is 2.56. The van der Waals surface area contributed by atoms with Crippen molar-refractivity contribution in [3.8, 4) is 0 Å². The lowest BCUT2D eigenvalue weighted by molar-refractivity contribution is -0.102. The van der Waals surface area contributed by atoms with Gasteiger partial charge in [-0.1, -0.05) is 12.2 Å². The molecule has 0 aliphatic carbocycles. The molecule has 0 unspecified atom stereocenters.